The Balaban J connectivity index is 3.28. The first-order valence-electron chi connectivity index (χ1n) is 2.44. The molecule has 0 atom stereocenters. The Hall–Kier alpha value is -0.810. The third kappa shape index (κ3) is 3.75. The molecule has 0 aromatic rings. The molecule has 1 amide bonds. The van der Waals surface area contributed by atoms with E-state index in [1.54, 1.807) is 0 Å². The number of hydrogen-bond acceptors (Lipinski definition) is 4. The number of carbonyl (C=O) groups excluding carboxylic acids is 1. The van der Waals surface area contributed by atoms with Crippen molar-refractivity contribution in [3.63, 3.8) is 0 Å². The number of rotatable bonds is 2. The highest BCUT2D eigenvalue weighted by atomic mass is 16.6. The normalized spacial score (nSPS) is 8.78. The van der Waals surface area contributed by atoms with Gasteiger partial charge < -0.3 is 9.84 Å². The summed E-state index contributed by atoms with van der Waals surface area (Å²) in [5.41, 5.74) is 0. The molecule has 0 rings (SSSR count). The lowest BCUT2D eigenvalue weighted by molar-refractivity contribution is 0.0912. The minimum atomic E-state index is -0.649. The van der Waals surface area contributed by atoms with Crippen molar-refractivity contribution in [2.75, 3.05) is 20.3 Å². The number of amides is 1. The van der Waals surface area contributed by atoms with Crippen molar-refractivity contribution in [2.24, 2.45) is 5.84 Å². The summed E-state index contributed by atoms with van der Waals surface area (Å²) in [7, 11) is 1.36. The monoisotopic (exact) mass is 134 g/mol. The molecule has 0 aliphatic heterocycles. The van der Waals surface area contributed by atoms with Crippen LogP contribution in [0.25, 0.3) is 0 Å². The van der Waals surface area contributed by atoms with Gasteiger partial charge in [0.15, 0.2) is 0 Å². The molecule has 0 radical (unpaired) electrons. The lowest BCUT2D eigenvalue weighted by atomic mass is 10.8. The van der Waals surface area contributed by atoms with Crippen LogP contribution in [0.3, 0.4) is 0 Å². The number of carbonyl (C=O) groups is 1. The molecule has 0 unspecified atom stereocenters. The van der Waals surface area contributed by atoms with Gasteiger partial charge in [-0.15, -0.1) is 0 Å². The molecule has 0 aliphatic carbocycles. The molecule has 0 saturated heterocycles. The van der Waals surface area contributed by atoms with E-state index in [0.29, 0.717) is 0 Å². The summed E-state index contributed by atoms with van der Waals surface area (Å²) in [4.78, 5) is 10.4. The lowest BCUT2D eigenvalue weighted by Gasteiger charge is -2.08. The topological polar surface area (TPSA) is 75.8 Å². The molecule has 0 aromatic carbocycles. The van der Waals surface area contributed by atoms with Crippen molar-refractivity contribution >= 4 is 6.09 Å². The van der Waals surface area contributed by atoms with Crippen LogP contribution in [0.2, 0.25) is 0 Å². The van der Waals surface area contributed by atoms with Crippen LogP contribution >= 0.6 is 0 Å². The second-order valence-electron chi connectivity index (χ2n) is 1.45. The number of aliphatic hydroxyl groups excluding tert-OH is 1. The highest BCUT2D eigenvalue weighted by Gasteiger charge is 2.02. The van der Waals surface area contributed by atoms with E-state index in [2.05, 4.69) is 4.74 Å². The van der Waals surface area contributed by atoms with Crippen molar-refractivity contribution in [1.82, 2.24) is 5.01 Å². The zero-order chi connectivity index (χ0) is 7.28. The molecule has 0 aliphatic rings. The summed E-state index contributed by atoms with van der Waals surface area (Å²) in [5, 5.41) is 8.96. The average molecular weight is 134 g/mol. The van der Waals surface area contributed by atoms with Crippen LogP contribution in [0.15, 0.2) is 0 Å². The van der Waals surface area contributed by atoms with E-state index in [9.17, 15) is 4.79 Å². The van der Waals surface area contributed by atoms with Crippen LogP contribution in [-0.4, -0.2) is 36.5 Å². The minimum Gasteiger partial charge on any atom is -0.446 e. The number of nitrogens with two attached hydrogens (primary N) is 1. The SMILES string of the molecule is CN(N)C(=O)OCCO. The maximum absolute atomic E-state index is 10.4. The van der Waals surface area contributed by atoms with Crippen molar-refractivity contribution < 1.29 is 14.6 Å². The third-order valence-corrected chi connectivity index (χ3v) is 0.605. The van der Waals surface area contributed by atoms with Gasteiger partial charge in [-0.1, -0.05) is 0 Å². The summed E-state index contributed by atoms with van der Waals surface area (Å²) in [6.45, 7) is -0.194. The zero-order valence-corrected chi connectivity index (χ0v) is 5.20. The first kappa shape index (κ1) is 8.19. The fourth-order valence-corrected chi connectivity index (χ4v) is 0.235. The first-order valence-corrected chi connectivity index (χ1v) is 2.44. The Labute approximate surface area is 53.0 Å². The second-order valence-corrected chi connectivity index (χ2v) is 1.45. The van der Waals surface area contributed by atoms with Crippen molar-refractivity contribution in [3.8, 4) is 0 Å². The molecular formula is C4H10N2O3. The van der Waals surface area contributed by atoms with E-state index in [-0.39, 0.29) is 13.2 Å². The highest BCUT2D eigenvalue weighted by molar-refractivity contribution is 5.66. The third-order valence-electron chi connectivity index (χ3n) is 0.605. The van der Waals surface area contributed by atoms with E-state index < -0.39 is 6.09 Å². The Morgan fingerprint density at radius 2 is 2.44 bits per heavy atom. The number of ether oxygens (including phenoxy) is 1. The van der Waals surface area contributed by atoms with E-state index in [1.807, 2.05) is 0 Å². The van der Waals surface area contributed by atoms with Crippen LogP contribution in [0.5, 0.6) is 0 Å². The molecule has 54 valence electrons. The van der Waals surface area contributed by atoms with Crippen molar-refractivity contribution in [1.29, 1.82) is 0 Å². The smallest absolute Gasteiger partial charge is 0.423 e. The summed E-state index contributed by atoms with van der Waals surface area (Å²) in [6, 6.07) is 0. The summed E-state index contributed by atoms with van der Waals surface area (Å²) >= 11 is 0. The maximum atomic E-state index is 10.4. The fourth-order valence-electron chi connectivity index (χ4n) is 0.235. The maximum Gasteiger partial charge on any atom is 0.423 e. The number of nitrogens with zero attached hydrogens (tertiary/aromatic N) is 1. The highest BCUT2D eigenvalue weighted by Crippen LogP contribution is 1.80. The summed E-state index contributed by atoms with van der Waals surface area (Å²) < 4.78 is 4.36. The van der Waals surface area contributed by atoms with E-state index in [4.69, 9.17) is 10.9 Å². The Kier molecular flexibility index (Phi) is 3.74. The molecule has 0 saturated carbocycles. The van der Waals surface area contributed by atoms with Crippen LogP contribution in [0, 0.1) is 0 Å². The van der Waals surface area contributed by atoms with Crippen molar-refractivity contribution in [3.05, 3.63) is 0 Å². The molecule has 9 heavy (non-hydrogen) atoms. The molecule has 0 fully saturated rings. The van der Waals surface area contributed by atoms with E-state index in [0.717, 1.165) is 5.01 Å². The van der Waals surface area contributed by atoms with Gasteiger partial charge in [-0.05, 0) is 0 Å². The van der Waals surface area contributed by atoms with Gasteiger partial charge in [0.2, 0.25) is 0 Å². The molecule has 5 nitrogen and oxygen atoms in total. The first-order chi connectivity index (χ1) is 4.18. The van der Waals surface area contributed by atoms with Crippen molar-refractivity contribution in [2.45, 2.75) is 0 Å². The molecule has 0 bridgehead atoms. The van der Waals surface area contributed by atoms with Crippen LogP contribution < -0.4 is 5.84 Å². The van der Waals surface area contributed by atoms with Gasteiger partial charge in [-0.2, -0.15) is 0 Å². The second kappa shape index (κ2) is 4.11. The van der Waals surface area contributed by atoms with Gasteiger partial charge in [0, 0.05) is 7.05 Å². The molecule has 5 heteroatoms. The summed E-state index contributed by atoms with van der Waals surface area (Å²) in [5.74, 6) is 4.95. The Bertz CT molecular complexity index is 93.8. The number of hydrazine groups is 1. The van der Waals surface area contributed by atoms with E-state index in [1.165, 1.54) is 7.05 Å². The molecule has 0 heterocycles. The van der Waals surface area contributed by atoms with Gasteiger partial charge in [0.05, 0.1) is 6.61 Å². The largest absolute Gasteiger partial charge is 0.446 e. The van der Waals surface area contributed by atoms with Gasteiger partial charge in [-0.25, -0.2) is 15.6 Å². The van der Waals surface area contributed by atoms with Gasteiger partial charge >= 0.3 is 6.09 Å². The van der Waals surface area contributed by atoms with Gasteiger partial charge in [-0.3, -0.25) is 0 Å². The quantitative estimate of drug-likeness (QED) is 0.286. The predicted molar refractivity (Wildman–Crippen MR) is 30.4 cm³/mol. The molecule has 0 aromatic heterocycles. The van der Waals surface area contributed by atoms with Gasteiger partial charge in [0.1, 0.15) is 6.61 Å². The van der Waals surface area contributed by atoms with Crippen LogP contribution in [0.1, 0.15) is 0 Å². The summed E-state index contributed by atoms with van der Waals surface area (Å²) in [6.07, 6.45) is -0.649. The number of aliphatic hydroxyl groups is 1. The Morgan fingerprint density at radius 1 is 1.89 bits per heavy atom. The molecular weight excluding hydrogens is 124 g/mol. The molecule has 3 N–H and O–H groups in total. The zero-order valence-electron chi connectivity index (χ0n) is 5.20. The Morgan fingerprint density at radius 3 is 2.78 bits per heavy atom. The fraction of sp³-hybridized carbons (Fsp3) is 0.750. The number of hydrogen-bond donors (Lipinski definition) is 2. The van der Waals surface area contributed by atoms with Crippen LogP contribution in [0.4, 0.5) is 4.79 Å². The minimum absolute atomic E-state index is 0.0135. The van der Waals surface area contributed by atoms with Gasteiger partial charge in [0.25, 0.3) is 0 Å². The predicted octanol–water partition coefficient (Wildman–Crippen LogP) is -1.08. The standard InChI is InChI=1S/C4H10N2O3/c1-6(5)4(8)9-3-2-7/h7H,2-3,5H2,1H3. The lowest BCUT2D eigenvalue weighted by Crippen LogP contribution is -2.34. The molecule has 0 spiro atoms. The van der Waals surface area contributed by atoms with Crippen LogP contribution in [-0.2, 0) is 4.74 Å². The van der Waals surface area contributed by atoms with E-state index >= 15 is 0 Å². The average Bonchev–Trinajstić information content (AvgIpc) is 1.82.